The summed E-state index contributed by atoms with van der Waals surface area (Å²) < 4.78 is 11.6. The molecule has 0 heterocycles. The van der Waals surface area contributed by atoms with Crippen molar-refractivity contribution in [2.24, 2.45) is 5.92 Å². The highest BCUT2D eigenvalue weighted by atomic mass is 16.5. The summed E-state index contributed by atoms with van der Waals surface area (Å²) in [7, 11) is 0. The molecule has 0 aliphatic heterocycles. The Kier molecular flexibility index (Phi) is 4.46. The fourth-order valence-electron chi connectivity index (χ4n) is 2.26. The van der Waals surface area contributed by atoms with E-state index in [9.17, 15) is 0 Å². The zero-order chi connectivity index (χ0) is 12.8. The lowest BCUT2D eigenvalue weighted by Crippen LogP contribution is -2.20. The Balaban J connectivity index is 2.06. The van der Waals surface area contributed by atoms with Gasteiger partial charge in [0.05, 0.1) is 18.6 Å². The van der Waals surface area contributed by atoms with E-state index in [-0.39, 0.29) is 12.0 Å². The minimum atomic E-state index is 0.0152. The zero-order valence-corrected chi connectivity index (χ0v) is 10.8. The normalized spacial score (nSPS) is 22.4. The summed E-state index contributed by atoms with van der Waals surface area (Å²) in [6, 6.07) is 10.0. The van der Waals surface area contributed by atoms with Gasteiger partial charge in [-0.3, -0.25) is 0 Å². The van der Waals surface area contributed by atoms with Crippen LogP contribution >= 0.6 is 0 Å². The Morgan fingerprint density at radius 2 is 2.06 bits per heavy atom. The van der Waals surface area contributed by atoms with Gasteiger partial charge in [0.1, 0.15) is 6.10 Å². The third-order valence-corrected chi connectivity index (χ3v) is 3.21. The second-order valence-corrected chi connectivity index (χ2v) is 4.62. The largest absolute Gasteiger partial charge is 0.490 e. The van der Waals surface area contributed by atoms with Gasteiger partial charge >= 0.3 is 0 Å². The maximum atomic E-state index is 9.06. The van der Waals surface area contributed by atoms with Crippen LogP contribution < -0.4 is 9.47 Å². The van der Waals surface area contributed by atoms with Crippen molar-refractivity contribution in [3.8, 4) is 17.6 Å². The van der Waals surface area contributed by atoms with Gasteiger partial charge in [0, 0.05) is 0 Å². The minimum absolute atomic E-state index is 0.0152. The van der Waals surface area contributed by atoms with Gasteiger partial charge in [-0.25, -0.2) is 0 Å². The average molecular weight is 245 g/mol. The summed E-state index contributed by atoms with van der Waals surface area (Å²) in [5, 5.41) is 9.06. The summed E-state index contributed by atoms with van der Waals surface area (Å²) in [6.45, 7) is 2.76. The molecule has 3 nitrogen and oxygen atoms in total. The van der Waals surface area contributed by atoms with Crippen LogP contribution in [0.1, 0.15) is 32.6 Å². The first-order valence-electron chi connectivity index (χ1n) is 6.63. The average Bonchev–Trinajstić information content (AvgIpc) is 2.85. The molecule has 0 saturated heterocycles. The quantitative estimate of drug-likeness (QED) is 0.796. The van der Waals surface area contributed by atoms with Crippen LogP contribution in [-0.4, -0.2) is 12.7 Å². The number of rotatable bonds is 5. The minimum Gasteiger partial charge on any atom is -0.490 e. The fraction of sp³-hybridized carbons (Fsp3) is 0.533. The van der Waals surface area contributed by atoms with E-state index in [1.807, 2.05) is 24.3 Å². The van der Waals surface area contributed by atoms with Gasteiger partial charge < -0.3 is 9.47 Å². The van der Waals surface area contributed by atoms with Gasteiger partial charge in [0.25, 0.3) is 0 Å². The first-order valence-corrected chi connectivity index (χ1v) is 6.63. The van der Waals surface area contributed by atoms with Crippen LogP contribution in [0.15, 0.2) is 24.3 Å². The van der Waals surface area contributed by atoms with Crippen LogP contribution in [0.2, 0.25) is 0 Å². The summed E-state index contributed by atoms with van der Waals surface area (Å²) in [6.07, 6.45) is 3.96. The lowest BCUT2D eigenvalue weighted by Gasteiger charge is -2.18. The van der Waals surface area contributed by atoms with Crippen molar-refractivity contribution in [3.63, 3.8) is 0 Å². The third-order valence-electron chi connectivity index (χ3n) is 3.21. The first-order chi connectivity index (χ1) is 8.85. The summed E-state index contributed by atoms with van der Waals surface area (Å²) in [5.41, 5.74) is 0. The number of para-hydroxylation sites is 2. The van der Waals surface area contributed by atoms with E-state index in [0.29, 0.717) is 6.61 Å². The predicted molar refractivity (Wildman–Crippen MR) is 69.6 cm³/mol. The van der Waals surface area contributed by atoms with Gasteiger partial charge in [-0.05, 0) is 37.8 Å². The molecule has 96 valence electrons. The van der Waals surface area contributed by atoms with Gasteiger partial charge in [-0.15, -0.1) is 0 Å². The molecule has 1 fully saturated rings. The molecule has 0 radical (unpaired) electrons. The smallest absolute Gasteiger partial charge is 0.161 e. The second kappa shape index (κ2) is 6.30. The number of hydrogen-bond donors (Lipinski definition) is 0. The number of hydrogen-bond acceptors (Lipinski definition) is 3. The second-order valence-electron chi connectivity index (χ2n) is 4.62. The summed E-state index contributed by atoms with van der Waals surface area (Å²) in [5.74, 6) is 1.56. The van der Waals surface area contributed by atoms with Crippen LogP contribution in [0, 0.1) is 17.2 Å². The van der Waals surface area contributed by atoms with E-state index < -0.39 is 0 Å². The molecule has 2 atom stereocenters. The van der Waals surface area contributed by atoms with E-state index in [0.717, 1.165) is 37.2 Å². The molecule has 0 spiro atoms. The molecule has 3 heteroatoms. The zero-order valence-electron chi connectivity index (χ0n) is 10.8. The van der Waals surface area contributed by atoms with Crippen molar-refractivity contribution < 1.29 is 9.47 Å². The van der Waals surface area contributed by atoms with Gasteiger partial charge in [0.15, 0.2) is 11.5 Å². The van der Waals surface area contributed by atoms with Crippen molar-refractivity contribution in [1.82, 2.24) is 0 Å². The highest BCUT2D eigenvalue weighted by molar-refractivity contribution is 5.39. The first kappa shape index (κ1) is 12.8. The van der Waals surface area contributed by atoms with E-state index in [4.69, 9.17) is 14.7 Å². The third kappa shape index (κ3) is 2.95. The predicted octanol–water partition coefficient (Wildman–Crippen LogP) is 3.55. The Morgan fingerprint density at radius 1 is 1.28 bits per heavy atom. The highest BCUT2D eigenvalue weighted by Gasteiger charge is 2.29. The Labute approximate surface area is 108 Å². The SMILES string of the molecule is CCCOc1ccccc1OC1CCCC1C#N. The summed E-state index contributed by atoms with van der Waals surface area (Å²) >= 11 is 0. The maximum absolute atomic E-state index is 9.06. The molecule has 0 bridgehead atoms. The molecule has 18 heavy (non-hydrogen) atoms. The molecular weight excluding hydrogens is 226 g/mol. The van der Waals surface area contributed by atoms with Crippen molar-refractivity contribution in [2.75, 3.05) is 6.61 Å². The van der Waals surface area contributed by atoms with Gasteiger partial charge in [0.2, 0.25) is 0 Å². The molecule has 2 rings (SSSR count). The molecule has 0 aromatic heterocycles. The van der Waals surface area contributed by atoms with E-state index in [2.05, 4.69) is 13.0 Å². The van der Waals surface area contributed by atoms with Crippen molar-refractivity contribution in [2.45, 2.75) is 38.7 Å². The van der Waals surface area contributed by atoms with E-state index >= 15 is 0 Å². The molecule has 1 saturated carbocycles. The molecule has 1 aliphatic rings. The Morgan fingerprint density at radius 3 is 2.78 bits per heavy atom. The van der Waals surface area contributed by atoms with Gasteiger partial charge in [-0.2, -0.15) is 5.26 Å². The van der Waals surface area contributed by atoms with Crippen molar-refractivity contribution >= 4 is 0 Å². The number of nitrogens with zero attached hydrogens (tertiary/aromatic N) is 1. The standard InChI is InChI=1S/C15H19NO2/c1-2-10-17-14-7-3-4-8-15(14)18-13-9-5-6-12(13)11-16/h3-4,7-8,12-13H,2,5-6,9-10H2,1H3. The van der Waals surface area contributed by atoms with Crippen molar-refractivity contribution in [3.05, 3.63) is 24.3 Å². The molecule has 0 N–H and O–H groups in total. The summed E-state index contributed by atoms with van der Waals surface area (Å²) in [4.78, 5) is 0. The molecule has 1 aromatic rings. The molecule has 1 aromatic carbocycles. The fourth-order valence-corrected chi connectivity index (χ4v) is 2.26. The topological polar surface area (TPSA) is 42.2 Å². The Bertz CT molecular complexity index is 425. The maximum Gasteiger partial charge on any atom is 0.161 e. The highest BCUT2D eigenvalue weighted by Crippen LogP contribution is 2.33. The number of nitriles is 1. The molecule has 0 amide bonds. The van der Waals surface area contributed by atoms with Crippen molar-refractivity contribution in [1.29, 1.82) is 5.26 Å². The van der Waals surface area contributed by atoms with Crippen LogP contribution in [0.25, 0.3) is 0 Å². The van der Waals surface area contributed by atoms with Gasteiger partial charge in [-0.1, -0.05) is 19.1 Å². The Hall–Kier alpha value is -1.69. The molecular formula is C15H19NO2. The van der Waals surface area contributed by atoms with Crippen LogP contribution in [-0.2, 0) is 0 Å². The molecule has 1 aliphatic carbocycles. The van der Waals surface area contributed by atoms with E-state index in [1.54, 1.807) is 0 Å². The van der Waals surface area contributed by atoms with Crippen LogP contribution in [0.3, 0.4) is 0 Å². The lowest BCUT2D eigenvalue weighted by molar-refractivity contribution is 0.171. The number of ether oxygens (including phenoxy) is 2. The lowest BCUT2D eigenvalue weighted by atomic mass is 10.1. The van der Waals surface area contributed by atoms with Crippen LogP contribution in [0.4, 0.5) is 0 Å². The monoisotopic (exact) mass is 245 g/mol. The number of benzene rings is 1. The molecule has 2 unspecified atom stereocenters. The van der Waals surface area contributed by atoms with Crippen LogP contribution in [0.5, 0.6) is 11.5 Å². The van der Waals surface area contributed by atoms with E-state index in [1.165, 1.54) is 0 Å².